The quantitative estimate of drug-likeness (QED) is 0.590. The fourth-order valence-corrected chi connectivity index (χ4v) is 2.98. The smallest absolute Gasteiger partial charge is 0.283 e. The van der Waals surface area contributed by atoms with E-state index in [2.05, 4.69) is 15.9 Å². The van der Waals surface area contributed by atoms with Crippen LogP contribution in [0.4, 0.5) is 5.69 Å². The number of halogens is 1. The molecule has 17 heavy (non-hydrogen) atoms. The molecule has 0 atom stereocenters. The number of nitro benzene ring substituents is 1. The van der Waals surface area contributed by atoms with Crippen molar-refractivity contribution in [3.05, 3.63) is 37.8 Å². The third-order valence-electron chi connectivity index (χ3n) is 3.26. The number of hydrogen-bond donors (Lipinski definition) is 0. The average molecular weight is 300 g/mol. The van der Waals surface area contributed by atoms with E-state index in [-0.39, 0.29) is 10.6 Å². The first-order valence-corrected chi connectivity index (χ1v) is 6.17. The SMILES string of the molecule is O=[N+]([O-])c1cc2c(cc1Br)C1(CC2)OCCO1. The van der Waals surface area contributed by atoms with Gasteiger partial charge in [0.1, 0.15) is 0 Å². The fraction of sp³-hybridized carbons (Fsp3) is 0.455. The predicted octanol–water partition coefficient (Wildman–Crippen LogP) is 2.50. The lowest BCUT2D eigenvalue weighted by atomic mass is 10.1. The van der Waals surface area contributed by atoms with Crippen molar-refractivity contribution in [2.24, 2.45) is 0 Å². The molecule has 3 rings (SSSR count). The van der Waals surface area contributed by atoms with Crippen molar-refractivity contribution in [2.75, 3.05) is 13.2 Å². The molecular weight excluding hydrogens is 290 g/mol. The zero-order valence-corrected chi connectivity index (χ0v) is 10.5. The summed E-state index contributed by atoms with van der Waals surface area (Å²) in [5.41, 5.74) is 1.97. The second kappa shape index (κ2) is 3.76. The van der Waals surface area contributed by atoms with E-state index >= 15 is 0 Å². The number of nitro groups is 1. The largest absolute Gasteiger partial charge is 0.343 e. The summed E-state index contributed by atoms with van der Waals surface area (Å²) in [6, 6.07) is 3.37. The number of hydrogen-bond acceptors (Lipinski definition) is 4. The van der Waals surface area contributed by atoms with Crippen molar-refractivity contribution in [2.45, 2.75) is 18.6 Å². The molecule has 0 amide bonds. The number of benzene rings is 1. The Bertz CT molecular complexity index is 496. The average Bonchev–Trinajstić information content (AvgIpc) is 2.88. The van der Waals surface area contributed by atoms with Crippen LogP contribution in [0.2, 0.25) is 0 Å². The molecule has 1 heterocycles. The Morgan fingerprint density at radius 2 is 2.06 bits per heavy atom. The Balaban J connectivity index is 2.11. The normalized spacial score (nSPS) is 20.8. The second-order valence-electron chi connectivity index (χ2n) is 4.17. The maximum absolute atomic E-state index is 10.8. The molecule has 0 radical (unpaired) electrons. The minimum atomic E-state index is -0.660. The zero-order valence-electron chi connectivity index (χ0n) is 8.94. The van der Waals surface area contributed by atoms with Crippen LogP contribution in [0.5, 0.6) is 0 Å². The van der Waals surface area contributed by atoms with E-state index in [9.17, 15) is 10.1 Å². The molecule has 1 fully saturated rings. The molecule has 2 aliphatic rings. The van der Waals surface area contributed by atoms with Crippen LogP contribution in [0.3, 0.4) is 0 Å². The third-order valence-corrected chi connectivity index (χ3v) is 3.89. The van der Waals surface area contributed by atoms with Gasteiger partial charge in [0.25, 0.3) is 5.69 Å². The van der Waals surface area contributed by atoms with E-state index in [0.29, 0.717) is 17.7 Å². The van der Waals surface area contributed by atoms with Crippen LogP contribution in [-0.4, -0.2) is 18.1 Å². The van der Waals surface area contributed by atoms with Gasteiger partial charge in [0.2, 0.25) is 0 Å². The van der Waals surface area contributed by atoms with Gasteiger partial charge in [-0.15, -0.1) is 0 Å². The van der Waals surface area contributed by atoms with E-state index in [1.165, 1.54) is 0 Å². The summed E-state index contributed by atoms with van der Waals surface area (Å²) in [6.07, 6.45) is 1.49. The molecule has 1 aromatic rings. The van der Waals surface area contributed by atoms with Crippen molar-refractivity contribution in [1.29, 1.82) is 0 Å². The van der Waals surface area contributed by atoms with Crippen molar-refractivity contribution in [3.8, 4) is 0 Å². The summed E-state index contributed by atoms with van der Waals surface area (Å²) in [4.78, 5) is 10.5. The molecular formula is C11H10BrNO4. The summed E-state index contributed by atoms with van der Waals surface area (Å²) >= 11 is 3.23. The van der Waals surface area contributed by atoms with E-state index in [4.69, 9.17) is 9.47 Å². The van der Waals surface area contributed by atoms with Gasteiger partial charge in [-0.05, 0) is 34.0 Å². The highest BCUT2D eigenvalue weighted by molar-refractivity contribution is 9.10. The summed E-state index contributed by atoms with van der Waals surface area (Å²) in [6.45, 7) is 1.15. The first kappa shape index (κ1) is 11.1. The standard InChI is InChI=1S/C11H10BrNO4/c12-9-6-8-7(5-10(9)13(14)15)1-2-11(8)16-3-4-17-11/h5-6H,1-4H2. The molecule has 0 aromatic heterocycles. The summed E-state index contributed by atoms with van der Waals surface area (Å²) in [7, 11) is 0. The minimum absolute atomic E-state index is 0.0961. The number of fused-ring (bicyclic) bond motifs is 2. The fourth-order valence-electron chi connectivity index (χ4n) is 2.49. The first-order chi connectivity index (χ1) is 8.12. The van der Waals surface area contributed by atoms with Crippen LogP contribution in [0.1, 0.15) is 17.5 Å². The van der Waals surface area contributed by atoms with Gasteiger partial charge in [0.15, 0.2) is 5.79 Å². The molecule has 0 bridgehead atoms. The molecule has 6 heteroatoms. The Hall–Kier alpha value is -0.980. The molecule has 1 aliphatic carbocycles. The summed E-state index contributed by atoms with van der Waals surface area (Å²) in [5.74, 6) is -0.660. The maximum atomic E-state index is 10.8. The van der Waals surface area contributed by atoms with E-state index in [1.807, 2.05) is 0 Å². The Morgan fingerprint density at radius 3 is 2.71 bits per heavy atom. The minimum Gasteiger partial charge on any atom is -0.343 e. The highest BCUT2D eigenvalue weighted by Gasteiger charge is 2.45. The van der Waals surface area contributed by atoms with Crippen molar-refractivity contribution >= 4 is 21.6 Å². The molecule has 0 saturated carbocycles. The lowest BCUT2D eigenvalue weighted by Crippen LogP contribution is -2.23. The van der Waals surface area contributed by atoms with Crippen LogP contribution in [-0.2, 0) is 21.7 Å². The Kier molecular flexibility index (Phi) is 2.46. The summed E-state index contributed by atoms with van der Waals surface area (Å²) < 4.78 is 11.8. The van der Waals surface area contributed by atoms with Crippen LogP contribution < -0.4 is 0 Å². The van der Waals surface area contributed by atoms with Gasteiger partial charge in [-0.1, -0.05) is 0 Å². The lowest BCUT2D eigenvalue weighted by molar-refractivity contribution is -0.385. The van der Waals surface area contributed by atoms with E-state index < -0.39 is 5.79 Å². The zero-order chi connectivity index (χ0) is 12.0. The van der Waals surface area contributed by atoms with Crippen LogP contribution in [0, 0.1) is 10.1 Å². The Labute approximate surface area is 106 Å². The highest BCUT2D eigenvalue weighted by Crippen LogP contribution is 2.46. The molecule has 5 nitrogen and oxygen atoms in total. The Morgan fingerprint density at radius 1 is 1.35 bits per heavy atom. The van der Waals surface area contributed by atoms with Crippen molar-refractivity contribution < 1.29 is 14.4 Å². The molecule has 1 aromatic carbocycles. The highest BCUT2D eigenvalue weighted by atomic mass is 79.9. The topological polar surface area (TPSA) is 61.6 Å². The number of nitrogens with zero attached hydrogens (tertiary/aromatic N) is 1. The molecule has 0 unspecified atom stereocenters. The van der Waals surface area contributed by atoms with E-state index in [1.54, 1.807) is 12.1 Å². The van der Waals surface area contributed by atoms with Crippen LogP contribution in [0.25, 0.3) is 0 Å². The van der Waals surface area contributed by atoms with Crippen LogP contribution in [0.15, 0.2) is 16.6 Å². The van der Waals surface area contributed by atoms with Gasteiger partial charge in [0, 0.05) is 18.1 Å². The van der Waals surface area contributed by atoms with Gasteiger partial charge < -0.3 is 9.47 Å². The number of ether oxygens (including phenoxy) is 2. The monoisotopic (exact) mass is 299 g/mol. The molecule has 1 spiro atoms. The van der Waals surface area contributed by atoms with Crippen molar-refractivity contribution in [3.63, 3.8) is 0 Å². The molecule has 0 N–H and O–H groups in total. The predicted molar refractivity (Wildman–Crippen MR) is 62.7 cm³/mol. The van der Waals surface area contributed by atoms with Crippen molar-refractivity contribution in [1.82, 2.24) is 0 Å². The number of rotatable bonds is 1. The third kappa shape index (κ3) is 1.59. The summed E-state index contributed by atoms with van der Waals surface area (Å²) in [5, 5.41) is 10.8. The van der Waals surface area contributed by atoms with Gasteiger partial charge in [0.05, 0.1) is 22.6 Å². The molecule has 90 valence electrons. The second-order valence-corrected chi connectivity index (χ2v) is 5.02. The number of aryl methyl sites for hydroxylation is 1. The maximum Gasteiger partial charge on any atom is 0.283 e. The molecule has 1 aliphatic heterocycles. The van der Waals surface area contributed by atoms with E-state index in [0.717, 1.165) is 24.0 Å². The van der Waals surface area contributed by atoms with Gasteiger partial charge in [-0.2, -0.15) is 0 Å². The van der Waals surface area contributed by atoms with Gasteiger partial charge >= 0.3 is 0 Å². The molecule has 1 saturated heterocycles. The lowest BCUT2D eigenvalue weighted by Gasteiger charge is -2.22. The first-order valence-electron chi connectivity index (χ1n) is 5.38. The van der Waals surface area contributed by atoms with Gasteiger partial charge in [-0.25, -0.2) is 0 Å². The van der Waals surface area contributed by atoms with Crippen LogP contribution >= 0.6 is 15.9 Å². The van der Waals surface area contributed by atoms with Gasteiger partial charge in [-0.3, -0.25) is 10.1 Å².